The average molecular weight is 391 g/mol. The Kier molecular flexibility index (Phi) is 5.49. The van der Waals surface area contributed by atoms with E-state index < -0.39 is 18.4 Å². The number of benzene rings is 2. The Morgan fingerprint density at radius 3 is 2.72 bits per heavy atom. The molecule has 5 N–H and O–H groups in total. The molecule has 0 saturated carbocycles. The Balaban J connectivity index is 2.02. The number of fused-ring (bicyclic) bond motifs is 1. The van der Waals surface area contributed by atoms with E-state index in [1.807, 2.05) is 18.2 Å². The van der Waals surface area contributed by atoms with Gasteiger partial charge in [0, 0.05) is 16.6 Å². The molecule has 0 bridgehead atoms. The average Bonchev–Trinajstić information content (AvgIpc) is 2.72. The molecule has 1 heterocycles. The summed E-state index contributed by atoms with van der Waals surface area (Å²) in [5.41, 5.74) is 6.85. The molecule has 1 aromatic heterocycles. The maximum Gasteiger partial charge on any atom is 0.322 e. The number of carboxylic acids is 1. The number of nitrogens with zero attached hydrogens (tertiary/aromatic N) is 2. The first-order chi connectivity index (χ1) is 13.9. The first kappa shape index (κ1) is 19.5. The number of carboxylic acid groups (broad SMARTS) is 1. The van der Waals surface area contributed by atoms with Gasteiger partial charge in [-0.05, 0) is 23.6 Å². The third kappa shape index (κ3) is 4.35. The minimum Gasteiger partial charge on any atom is -0.480 e. The van der Waals surface area contributed by atoms with Crippen molar-refractivity contribution in [2.24, 2.45) is 0 Å². The standard InChI is InChI=1S/C20H17N5O4/c1-2-16(26)24-15-5-3-4-11-6-7-12(8-13(11)15)19-22-9-14(21)18(25-19)20(29)23-10-17(27)28/h2-9H,1,10,21H2,(H,23,29)(H,24,26)(H,27,28). The summed E-state index contributed by atoms with van der Waals surface area (Å²) < 4.78 is 0. The van der Waals surface area contributed by atoms with Gasteiger partial charge in [-0.1, -0.05) is 30.8 Å². The number of hydrogen-bond acceptors (Lipinski definition) is 6. The highest BCUT2D eigenvalue weighted by molar-refractivity contribution is 6.06. The Morgan fingerprint density at radius 2 is 2.00 bits per heavy atom. The summed E-state index contributed by atoms with van der Waals surface area (Å²) in [6.45, 7) is 2.89. The molecule has 146 valence electrons. The van der Waals surface area contributed by atoms with Crippen molar-refractivity contribution in [3.63, 3.8) is 0 Å². The summed E-state index contributed by atoms with van der Waals surface area (Å²) in [7, 11) is 0. The third-order valence-electron chi connectivity index (χ3n) is 4.02. The van der Waals surface area contributed by atoms with Crippen LogP contribution in [0.2, 0.25) is 0 Å². The highest BCUT2D eigenvalue weighted by atomic mass is 16.4. The Hall–Kier alpha value is -4.27. The molecule has 0 saturated heterocycles. The second-order valence-electron chi connectivity index (χ2n) is 6.01. The molecular weight excluding hydrogens is 374 g/mol. The molecular formula is C20H17N5O4. The van der Waals surface area contributed by atoms with Gasteiger partial charge in [0.1, 0.15) is 6.54 Å². The van der Waals surface area contributed by atoms with E-state index in [4.69, 9.17) is 10.8 Å². The van der Waals surface area contributed by atoms with E-state index in [2.05, 4.69) is 27.2 Å². The zero-order valence-corrected chi connectivity index (χ0v) is 15.2. The van der Waals surface area contributed by atoms with Gasteiger partial charge < -0.3 is 21.5 Å². The summed E-state index contributed by atoms with van der Waals surface area (Å²) in [5.74, 6) is -2.02. The molecule has 0 fully saturated rings. The molecule has 0 aliphatic heterocycles. The lowest BCUT2D eigenvalue weighted by molar-refractivity contribution is -0.135. The van der Waals surface area contributed by atoms with Crippen molar-refractivity contribution in [3.05, 3.63) is 60.9 Å². The molecule has 0 radical (unpaired) electrons. The number of aromatic nitrogens is 2. The van der Waals surface area contributed by atoms with Gasteiger partial charge in [0.15, 0.2) is 11.5 Å². The predicted molar refractivity (Wildman–Crippen MR) is 108 cm³/mol. The largest absolute Gasteiger partial charge is 0.480 e. The maximum atomic E-state index is 12.2. The van der Waals surface area contributed by atoms with Gasteiger partial charge in [-0.3, -0.25) is 14.4 Å². The van der Waals surface area contributed by atoms with Crippen LogP contribution >= 0.6 is 0 Å². The smallest absolute Gasteiger partial charge is 0.322 e. The molecule has 0 atom stereocenters. The predicted octanol–water partition coefficient (Wildman–Crippen LogP) is 1.82. The van der Waals surface area contributed by atoms with E-state index in [1.165, 1.54) is 12.3 Å². The summed E-state index contributed by atoms with van der Waals surface area (Å²) in [5, 5.41) is 15.3. The molecule has 3 aromatic rings. The summed E-state index contributed by atoms with van der Waals surface area (Å²) in [4.78, 5) is 42.9. The number of anilines is 2. The molecule has 9 heteroatoms. The van der Waals surface area contributed by atoms with Gasteiger partial charge in [0.2, 0.25) is 5.91 Å². The second-order valence-corrected chi connectivity index (χ2v) is 6.01. The van der Waals surface area contributed by atoms with Crippen LogP contribution in [0.15, 0.2) is 55.3 Å². The fraction of sp³-hybridized carbons (Fsp3) is 0.0500. The van der Waals surface area contributed by atoms with Gasteiger partial charge in [-0.2, -0.15) is 0 Å². The van der Waals surface area contributed by atoms with E-state index in [0.717, 1.165) is 10.8 Å². The van der Waals surface area contributed by atoms with Gasteiger partial charge in [0.25, 0.3) is 5.91 Å². The quantitative estimate of drug-likeness (QED) is 0.469. The molecule has 2 aromatic carbocycles. The normalized spacial score (nSPS) is 10.3. The van der Waals surface area contributed by atoms with Crippen molar-refractivity contribution in [3.8, 4) is 11.4 Å². The van der Waals surface area contributed by atoms with Crippen LogP contribution in [0.3, 0.4) is 0 Å². The van der Waals surface area contributed by atoms with Crippen molar-refractivity contribution in [2.75, 3.05) is 17.6 Å². The molecule has 0 aliphatic rings. The van der Waals surface area contributed by atoms with Crippen LogP contribution in [0.5, 0.6) is 0 Å². The zero-order chi connectivity index (χ0) is 21.0. The van der Waals surface area contributed by atoms with Crippen LogP contribution in [0.1, 0.15) is 10.5 Å². The van der Waals surface area contributed by atoms with Gasteiger partial charge in [0.05, 0.1) is 11.9 Å². The van der Waals surface area contributed by atoms with Gasteiger partial charge in [-0.15, -0.1) is 0 Å². The number of rotatable bonds is 6. The lowest BCUT2D eigenvalue weighted by Crippen LogP contribution is -2.30. The highest BCUT2D eigenvalue weighted by Crippen LogP contribution is 2.28. The van der Waals surface area contributed by atoms with Crippen molar-refractivity contribution in [1.29, 1.82) is 0 Å². The number of amides is 2. The van der Waals surface area contributed by atoms with E-state index in [-0.39, 0.29) is 23.1 Å². The van der Waals surface area contributed by atoms with E-state index in [9.17, 15) is 14.4 Å². The summed E-state index contributed by atoms with van der Waals surface area (Å²) in [6, 6.07) is 10.8. The topological polar surface area (TPSA) is 147 Å². The number of nitrogens with two attached hydrogens (primary N) is 1. The minimum absolute atomic E-state index is 0.0244. The minimum atomic E-state index is -1.19. The summed E-state index contributed by atoms with van der Waals surface area (Å²) >= 11 is 0. The third-order valence-corrected chi connectivity index (χ3v) is 4.02. The first-order valence-electron chi connectivity index (χ1n) is 8.48. The second kappa shape index (κ2) is 8.17. The lowest BCUT2D eigenvalue weighted by atomic mass is 10.0. The Morgan fingerprint density at radius 1 is 1.21 bits per heavy atom. The van der Waals surface area contributed by atoms with Crippen molar-refractivity contribution < 1.29 is 19.5 Å². The summed E-state index contributed by atoms with van der Waals surface area (Å²) in [6.07, 6.45) is 2.46. The number of nitrogens with one attached hydrogen (secondary N) is 2. The Labute approximate surface area is 165 Å². The van der Waals surface area contributed by atoms with Crippen LogP contribution in [-0.2, 0) is 9.59 Å². The van der Waals surface area contributed by atoms with Crippen LogP contribution in [-0.4, -0.2) is 39.4 Å². The molecule has 0 aliphatic carbocycles. The Bertz CT molecular complexity index is 1140. The highest BCUT2D eigenvalue weighted by Gasteiger charge is 2.16. The van der Waals surface area contributed by atoms with Crippen molar-refractivity contribution in [1.82, 2.24) is 15.3 Å². The van der Waals surface area contributed by atoms with Crippen LogP contribution in [0, 0.1) is 0 Å². The van der Waals surface area contributed by atoms with E-state index >= 15 is 0 Å². The molecule has 0 spiro atoms. The van der Waals surface area contributed by atoms with E-state index in [0.29, 0.717) is 11.3 Å². The number of aliphatic carboxylic acids is 1. The van der Waals surface area contributed by atoms with Crippen LogP contribution < -0.4 is 16.4 Å². The van der Waals surface area contributed by atoms with Crippen LogP contribution in [0.25, 0.3) is 22.2 Å². The first-order valence-corrected chi connectivity index (χ1v) is 8.48. The number of nitrogen functional groups attached to an aromatic ring is 1. The van der Waals surface area contributed by atoms with Crippen LogP contribution in [0.4, 0.5) is 11.4 Å². The van der Waals surface area contributed by atoms with E-state index in [1.54, 1.807) is 18.2 Å². The van der Waals surface area contributed by atoms with Gasteiger partial charge in [-0.25, -0.2) is 9.97 Å². The number of hydrogen-bond donors (Lipinski definition) is 4. The molecule has 3 rings (SSSR count). The molecule has 9 nitrogen and oxygen atoms in total. The monoisotopic (exact) mass is 391 g/mol. The van der Waals surface area contributed by atoms with Crippen molar-refractivity contribution >= 4 is 39.9 Å². The molecule has 0 unspecified atom stereocenters. The molecule has 2 amide bonds. The van der Waals surface area contributed by atoms with Crippen molar-refractivity contribution in [2.45, 2.75) is 0 Å². The number of carbonyl (C=O) groups excluding carboxylic acids is 2. The van der Waals surface area contributed by atoms with Gasteiger partial charge >= 0.3 is 5.97 Å². The fourth-order valence-corrected chi connectivity index (χ4v) is 2.66. The molecule has 29 heavy (non-hydrogen) atoms. The fourth-order valence-electron chi connectivity index (χ4n) is 2.66. The number of carbonyl (C=O) groups is 3. The lowest BCUT2D eigenvalue weighted by Gasteiger charge is -2.10. The maximum absolute atomic E-state index is 12.2. The SMILES string of the molecule is C=CC(=O)Nc1cccc2ccc(-c3ncc(N)c(C(=O)NCC(=O)O)n3)cc12. The zero-order valence-electron chi connectivity index (χ0n) is 15.2.